The summed E-state index contributed by atoms with van der Waals surface area (Å²) in [5, 5.41) is 11.9. The van der Waals surface area contributed by atoms with E-state index in [2.05, 4.69) is 6.07 Å². The molecule has 3 aromatic rings. The molecule has 19 heavy (non-hydrogen) atoms. The Hall–Kier alpha value is -1.58. The number of rotatable bonds is 2. The van der Waals surface area contributed by atoms with Crippen LogP contribution in [0.3, 0.4) is 0 Å². The fourth-order valence-electron chi connectivity index (χ4n) is 2.23. The summed E-state index contributed by atoms with van der Waals surface area (Å²) < 4.78 is 2.29. The Labute approximate surface area is 119 Å². The van der Waals surface area contributed by atoms with E-state index in [1.165, 1.54) is 4.70 Å². The Balaban J connectivity index is 2.25. The highest BCUT2D eigenvalue weighted by Crippen LogP contribution is 2.37. The van der Waals surface area contributed by atoms with Gasteiger partial charge in [-0.2, -0.15) is 0 Å². The molecule has 1 aromatic heterocycles. The first-order valence-corrected chi connectivity index (χ1v) is 7.07. The summed E-state index contributed by atoms with van der Waals surface area (Å²) in [6.07, 6.45) is 0.0595. The molecule has 96 valence electrons. The number of hydrogen-bond donors (Lipinski definition) is 1. The maximum absolute atomic E-state index is 10.8. The molecule has 0 saturated carbocycles. The Morgan fingerprint density at radius 2 is 1.95 bits per heavy atom. The zero-order valence-corrected chi connectivity index (χ0v) is 11.8. The van der Waals surface area contributed by atoms with E-state index in [9.17, 15) is 4.79 Å². The normalized spacial score (nSPS) is 11.3. The van der Waals surface area contributed by atoms with E-state index >= 15 is 0 Å². The number of halogens is 1. The molecule has 0 fully saturated rings. The van der Waals surface area contributed by atoms with Gasteiger partial charge in [0.1, 0.15) is 0 Å². The van der Waals surface area contributed by atoms with Crippen LogP contribution in [0, 0.1) is 6.92 Å². The molecule has 2 aromatic carbocycles. The molecule has 0 aliphatic heterocycles. The molecule has 1 N–H and O–H groups in total. The number of aliphatic carboxylic acids is 1. The molecule has 0 radical (unpaired) electrons. The van der Waals surface area contributed by atoms with Gasteiger partial charge in [-0.1, -0.05) is 23.7 Å². The quantitative estimate of drug-likeness (QED) is 0.746. The lowest BCUT2D eigenvalue weighted by Gasteiger charge is -1.99. The van der Waals surface area contributed by atoms with E-state index in [1.54, 1.807) is 11.3 Å². The monoisotopic (exact) mass is 290 g/mol. The van der Waals surface area contributed by atoms with E-state index in [1.807, 2.05) is 31.2 Å². The van der Waals surface area contributed by atoms with Crippen molar-refractivity contribution in [2.75, 3.05) is 0 Å². The van der Waals surface area contributed by atoms with Gasteiger partial charge in [0.05, 0.1) is 6.42 Å². The number of aryl methyl sites for hydroxylation is 1. The maximum Gasteiger partial charge on any atom is 0.307 e. The lowest BCUT2D eigenvalue weighted by molar-refractivity contribution is -0.136. The fraction of sp³-hybridized carbons (Fsp3) is 0.133. The van der Waals surface area contributed by atoms with Crippen LogP contribution in [-0.4, -0.2) is 11.1 Å². The molecule has 0 saturated heterocycles. The molecule has 0 aliphatic carbocycles. The van der Waals surface area contributed by atoms with Gasteiger partial charge < -0.3 is 5.11 Å². The van der Waals surface area contributed by atoms with Crippen LogP contribution in [0.15, 0.2) is 30.3 Å². The number of carboxylic acid groups (broad SMARTS) is 1. The molecular weight excluding hydrogens is 280 g/mol. The number of hydrogen-bond acceptors (Lipinski definition) is 2. The Morgan fingerprint density at radius 3 is 2.68 bits per heavy atom. The molecule has 1 heterocycles. The maximum atomic E-state index is 10.8. The molecule has 0 amide bonds. The van der Waals surface area contributed by atoms with Gasteiger partial charge in [0.2, 0.25) is 0 Å². The first-order chi connectivity index (χ1) is 9.04. The van der Waals surface area contributed by atoms with Crippen molar-refractivity contribution in [1.29, 1.82) is 0 Å². The van der Waals surface area contributed by atoms with Crippen LogP contribution in [0.4, 0.5) is 0 Å². The van der Waals surface area contributed by atoms with Crippen molar-refractivity contribution in [2.24, 2.45) is 0 Å². The minimum Gasteiger partial charge on any atom is -0.481 e. The van der Waals surface area contributed by atoms with Crippen LogP contribution in [-0.2, 0) is 11.2 Å². The van der Waals surface area contributed by atoms with Gasteiger partial charge in [0.15, 0.2) is 0 Å². The fourth-order valence-corrected chi connectivity index (χ4v) is 3.64. The molecular formula is C15H11ClO2S. The molecule has 0 unspecified atom stereocenters. The predicted octanol–water partition coefficient (Wildman–Crippen LogP) is 4.64. The summed E-state index contributed by atoms with van der Waals surface area (Å²) >= 11 is 7.85. The Bertz CT molecular complexity index is 805. The third-order valence-electron chi connectivity index (χ3n) is 3.17. The third kappa shape index (κ3) is 2.20. The van der Waals surface area contributed by atoms with E-state index in [4.69, 9.17) is 16.7 Å². The molecule has 2 nitrogen and oxygen atoms in total. The largest absolute Gasteiger partial charge is 0.481 e. The first kappa shape index (κ1) is 12.5. The van der Waals surface area contributed by atoms with Crippen LogP contribution >= 0.6 is 22.9 Å². The van der Waals surface area contributed by atoms with Crippen LogP contribution in [0.1, 0.15) is 11.1 Å². The zero-order valence-electron chi connectivity index (χ0n) is 10.2. The third-order valence-corrected chi connectivity index (χ3v) is 4.69. The first-order valence-electron chi connectivity index (χ1n) is 5.87. The minimum atomic E-state index is -0.806. The minimum absolute atomic E-state index is 0.0595. The summed E-state index contributed by atoms with van der Waals surface area (Å²) in [5.41, 5.74) is 1.89. The highest BCUT2D eigenvalue weighted by molar-refractivity contribution is 7.25. The molecule has 3 rings (SSSR count). The van der Waals surface area contributed by atoms with E-state index in [-0.39, 0.29) is 6.42 Å². The summed E-state index contributed by atoms with van der Waals surface area (Å²) in [4.78, 5) is 10.8. The summed E-state index contributed by atoms with van der Waals surface area (Å²) in [6.45, 7) is 1.99. The number of carbonyl (C=O) groups is 1. The van der Waals surface area contributed by atoms with Crippen molar-refractivity contribution in [2.45, 2.75) is 13.3 Å². The Kier molecular flexibility index (Phi) is 2.96. The van der Waals surface area contributed by atoms with E-state index in [0.29, 0.717) is 0 Å². The summed E-state index contributed by atoms with van der Waals surface area (Å²) in [7, 11) is 0. The average Bonchev–Trinajstić information content (AvgIpc) is 2.66. The number of thiophene rings is 1. The van der Waals surface area contributed by atoms with Crippen molar-refractivity contribution in [3.05, 3.63) is 46.5 Å². The van der Waals surface area contributed by atoms with Gasteiger partial charge in [0.25, 0.3) is 0 Å². The van der Waals surface area contributed by atoms with Gasteiger partial charge in [-0.15, -0.1) is 11.3 Å². The molecule has 0 spiro atoms. The zero-order chi connectivity index (χ0) is 13.6. The summed E-state index contributed by atoms with van der Waals surface area (Å²) in [6, 6.07) is 9.88. The number of carboxylic acids is 1. The van der Waals surface area contributed by atoms with Crippen molar-refractivity contribution in [1.82, 2.24) is 0 Å². The molecule has 0 bridgehead atoms. The van der Waals surface area contributed by atoms with Gasteiger partial charge in [0, 0.05) is 25.2 Å². The van der Waals surface area contributed by atoms with Crippen LogP contribution in [0.5, 0.6) is 0 Å². The van der Waals surface area contributed by atoms with Gasteiger partial charge in [-0.25, -0.2) is 0 Å². The van der Waals surface area contributed by atoms with Crippen LogP contribution < -0.4 is 0 Å². The summed E-state index contributed by atoms with van der Waals surface area (Å²) in [5.74, 6) is -0.806. The SMILES string of the molecule is Cc1cc2sc3cc(CC(=O)O)ccc3c2cc1Cl. The molecule has 4 heteroatoms. The average molecular weight is 291 g/mol. The lowest BCUT2D eigenvalue weighted by Crippen LogP contribution is -1.99. The predicted molar refractivity (Wildman–Crippen MR) is 80.4 cm³/mol. The van der Waals surface area contributed by atoms with Gasteiger partial charge >= 0.3 is 5.97 Å². The van der Waals surface area contributed by atoms with E-state index < -0.39 is 5.97 Å². The van der Waals surface area contributed by atoms with Crippen molar-refractivity contribution in [3.8, 4) is 0 Å². The molecule has 0 atom stereocenters. The number of benzene rings is 2. The Morgan fingerprint density at radius 1 is 1.21 bits per heavy atom. The second-order valence-electron chi connectivity index (χ2n) is 4.60. The highest BCUT2D eigenvalue weighted by atomic mass is 35.5. The van der Waals surface area contributed by atoms with Gasteiger partial charge in [-0.3, -0.25) is 4.79 Å². The topological polar surface area (TPSA) is 37.3 Å². The lowest BCUT2D eigenvalue weighted by atomic mass is 10.1. The smallest absolute Gasteiger partial charge is 0.307 e. The highest BCUT2D eigenvalue weighted by Gasteiger charge is 2.09. The number of fused-ring (bicyclic) bond motifs is 3. The second kappa shape index (κ2) is 4.51. The van der Waals surface area contributed by atoms with Gasteiger partial charge in [-0.05, 0) is 36.2 Å². The molecule has 0 aliphatic rings. The van der Waals surface area contributed by atoms with Crippen LogP contribution in [0.2, 0.25) is 5.02 Å². The van der Waals surface area contributed by atoms with Crippen molar-refractivity contribution < 1.29 is 9.90 Å². The van der Waals surface area contributed by atoms with Crippen molar-refractivity contribution >= 4 is 49.1 Å². The van der Waals surface area contributed by atoms with Crippen LogP contribution in [0.25, 0.3) is 20.2 Å². The standard InChI is InChI=1S/C15H11ClO2S/c1-8-4-13-11(7-12(8)16)10-3-2-9(6-15(17)18)5-14(10)19-13/h2-5,7H,6H2,1H3,(H,17,18). The van der Waals surface area contributed by atoms with Crippen molar-refractivity contribution in [3.63, 3.8) is 0 Å². The second-order valence-corrected chi connectivity index (χ2v) is 6.09. The van der Waals surface area contributed by atoms with E-state index in [0.717, 1.165) is 31.6 Å².